The molecule has 0 aliphatic carbocycles. The number of carbonyl (C=O) groups excluding carboxylic acids is 1. The second-order valence-electron chi connectivity index (χ2n) is 7.55. The number of likely N-dealkylation sites (tertiary alicyclic amines) is 1. The first kappa shape index (κ1) is 21.6. The maximum absolute atomic E-state index is 12.6. The normalized spacial score (nSPS) is 15.2. The van der Waals surface area contributed by atoms with Crippen molar-refractivity contribution in [1.82, 2.24) is 10.2 Å². The highest BCUT2D eigenvalue weighted by atomic mass is 16.5. The summed E-state index contributed by atoms with van der Waals surface area (Å²) in [6.07, 6.45) is 4.64. The van der Waals surface area contributed by atoms with Crippen LogP contribution in [-0.4, -0.2) is 48.6 Å². The molecule has 0 spiro atoms. The molecular formula is C24H28N2O4. The van der Waals surface area contributed by atoms with Gasteiger partial charge in [-0.15, -0.1) is 0 Å². The fraction of sp³-hybridized carbons (Fsp3) is 0.333. The molecule has 6 nitrogen and oxygen atoms in total. The highest BCUT2D eigenvalue weighted by Gasteiger charge is 2.21. The minimum absolute atomic E-state index is 0.174. The molecule has 1 amide bonds. The molecule has 3 rings (SSSR count). The molecule has 6 heteroatoms. The molecule has 1 heterocycles. The van der Waals surface area contributed by atoms with E-state index in [-0.39, 0.29) is 5.91 Å². The fourth-order valence-corrected chi connectivity index (χ4v) is 3.69. The molecule has 0 bridgehead atoms. The second-order valence-corrected chi connectivity index (χ2v) is 7.55. The van der Waals surface area contributed by atoms with Crippen molar-refractivity contribution < 1.29 is 19.4 Å². The minimum Gasteiger partial charge on any atom is -0.496 e. The number of carbonyl (C=O) groups is 2. The first-order valence-corrected chi connectivity index (χ1v) is 10.2. The molecule has 0 saturated carbocycles. The number of carboxylic acid groups (broad SMARTS) is 1. The number of nitrogens with zero attached hydrogens (tertiary/aromatic N) is 1. The van der Waals surface area contributed by atoms with Crippen LogP contribution in [0, 0.1) is 5.92 Å². The van der Waals surface area contributed by atoms with E-state index in [9.17, 15) is 9.59 Å². The minimum atomic E-state index is -1.02. The summed E-state index contributed by atoms with van der Waals surface area (Å²) in [5.74, 6) is -0.305. The summed E-state index contributed by atoms with van der Waals surface area (Å²) in [5.41, 5.74) is 2.45. The van der Waals surface area contributed by atoms with E-state index in [4.69, 9.17) is 9.84 Å². The van der Waals surface area contributed by atoms with Gasteiger partial charge in [-0.25, -0.2) is 4.79 Å². The smallest absolute Gasteiger partial charge is 0.328 e. The first-order valence-electron chi connectivity index (χ1n) is 10.2. The Morgan fingerprint density at radius 3 is 2.57 bits per heavy atom. The van der Waals surface area contributed by atoms with Gasteiger partial charge < -0.3 is 15.2 Å². The Bertz CT molecular complexity index is 887. The van der Waals surface area contributed by atoms with Gasteiger partial charge in [0.05, 0.1) is 12.7 Å². The fourth-order valence-electron chi connectivity index (χ4n) is 3.69. The summed E-state index contributed by atoms with van der Waals surface area (Å²) in [7, 11) is 1.50. The molecule has 2 aromatic rings. The Morgan fingerprint density at radius 2 is 1.90 bits per heavy atom. The van der Waals surface area contributed by atoms with E-state index in [1.807, 2.05) is 6.07 Å². The number of amides is 1. The Kier molecular flexibility index (Phi) is 7.63. The predicted molar refractivity (Wildman–Crippen MR) is 116 cm³/mol. The Balaban J connectivity index is 1.49. The molecular weight excluding hydrogens is 380 g/mol. The monoisotopic (exact) mass is 408 g/mol. The highest BCUT2D eigenvalue weighted by Crippen LogP contribution is 2.22. The van der Waals surface area contributed by atoms with Crippen molar-refractivity contribution in [3.8, 4) is 5.75 Å². The van der Waals surface area contributed by atoms with E-state index in [1.165, 1.54) is 18.7 Å². The van der Waals surface area contributed by atoms with E-state index >= 15 is 0 Å². The first-order chi connectivity index (χ1) is 14.5. The van der Waals surface area contributed by atoms with Crippen molar-refractivity contribution in [1.29, 1.82) is 0 Å². The van der Waals surface area contributed by atoms with Crippen molar-refractivity contribution in [2.75, 3.05) is 26.7 Å². The summed E-state index contributed by atoms with van der Waals surface area (Å²) >= 11 is 0. The van der Waals surface area contributed by atoms with Crippen LogP contribution in [0.1, 0.15) is 34.3 Å². The zero-order valence-corrected chi connectivity index (χ0v) is 17.2. The van der Waals surface area contributed by atoms with Gasteiger partial charge in [0, 0.05) is 19.2 Å². The molecule has 158 valence electrons. The van der Waals surface area contributed by atoms with Gasteiger partial charge in [0.2, 0.25) is 0 Å². The number of benzene rings is 2. The van der Waals surface area contributed by atoms with Crippen molar-refractivity contribution in [3.05, 3.63) is 71.3 Å². The zero-order chi connectivity index (χ0) is 21.3. The SMILES string of the molecule is COc1cc(/C=C/C(=O)O)ccc1C(=O)NCC1CCN(Cc2ccccc2)CC1. The van der Waals surface area contributed by atoms with Crippen LogP contribution in [0.5, 0.6) is 5.75 Å². The van der Waals surface area contributed by atoms with Crippen LogP contribution in [-0.2, 0) is 11.3 Å². The summed E-state index contributed by atoms with van der Waals surface area (Å²) < 4.78 is 5.33. The Morgan fingerprint density at radius 1 is 1.17 bits per heavy atom. The number of nitrogens with one attached hydrogen (secondary N) is 1. The van der Waals surface area contributed by atoms with Gasteiger partial charge in [-0.2, -0.15) is 0 Å². The van der Waals surface area contributed by atoms with Crippen LogP contribution in [0.3, 0.4) is 0 Å². The molecule has 1 fully saturated rings. The van der Waals surface area contributed by atoms with E-state index in [1.54, 1.807) is 18.2 Å². The third-order valence-corrected chi connectivity index (χ3v) is 5.40. The molecule has 1 aliphatic heterocycles. The molecule has 0 atom stereocenters. The number of hydrogen-bond donors (Lipinski definition) is 2. The number of aliphatic carboxylic acids is 1. The van der Waals surface area contributed by atoms with Crippen LogP contribution < -0.4 is 10.1 Å². The van der Waals surface area contributed by atoms with Crippen molar-refractivity contribution >= 4 is 18.0 Å². The van der Waals surface area contributed by atoms with E-state index in [0.29, 0.717) is 29.3 Å². The molecule has 2 aromatic carbocycles. The average molecular weight is 408 g/mol. The molecule has 0 radical (unpaired) electrons. The van der Waals surface area contributed by atoms with Gasteiger partial charge in [0.25, 0.3) is 5.91 Å². The topological polar surface area (TPSA) is 78.9 Å². The zero-order valence-electron chi connectivity index (χ0n) is 17.2. The number of methoxy groups -OCH3 is 1. The van der Waals surface area contributed by atoms with Gasteiger partial charge in [0.1, 0.15) is 5.75 Å². The van der Waals surface area contributed by atoms with Crippen LogP contribution in [0.15, 0.2) is 54.6 Å². The van der Waals surface area contributed by atoms with Crippen LogP contribution >= 0.6 is 0 Å². The van der Waals surface area contributed by atoms with Gasteiger partial charge in [-0.05, 0) is 61.2 Å². The molecule has 1 saturated heterocycles. The number of hydrogen-bond acceptors (Lipinski definition) is 4. The van der Waals surface area contributed by atoms with Gasteiger partial charge in [0.15, 0.2) is 0 Å². The second kappa shape index (κ2) is 10.6. The lowest BCUT2D eigenvalue weighted by Crippen LogP contribution is -2.38. The lowest BCUT2D eigenvalue weighted by atomic mass is 9.96. The summed E-state index contributed by atoms with van der Waals surface area (Å²) in [4.78, 5) is 25.8. The molecule has 2 N–H and O–H groups in total. The molecule has 1 aliphatic rings. The number of carboxylic acids is 1. The number of rotatable bonds is 8. The maximum Gasteiger partial charge on any atom is 0.328 e. The standard InChI is InChI=1S/C24H28N2O4/c1-30-22-15-18(8-10-23(27)28)7-9-21(22)24(29)25-16-19-11-13-26(14-12-19)17-20-5-3-2-4-6-20/h2-10,15,19H,11-14,16-17H2,1H3,(H,25,29)(H,27,28)/b10-8+. The Labute approximate surface area is 177 Å². The summed E-state index contributed by atoms with van der Waals surface area (Å²) in [6, 6.07) is 15.5. The molecule has 0 unspecified atom stereocenters. The quantitative estimate of drug-likeness (QED) is 0.654. The van der Waals surface area contributed by atoms with Crippen molar-refractivity contribution in [2.24, 2.45) is 5.92 Å². The Hall–Kier alpha value is -3.12. The van der Waals surface area contributed by atoms with Gasteiger partial charge in [-0.3, -0.25) is 9.69 Å². The lowest BCUT2D eigenvalue weighted by Gasteiger charge is -2.32. The lowest BCUT2D eigenvalue weighted by molar-refractivity contribution is -0.131. The van der Waals surface area contributed by atoms with Gasteiger partial charge >= 0.3 is 5.97 Å². The maximum atomic E-state index is 12.6. The van der Waals surface area contributed by atoms with E-state index in [0.717, 1.165) is 38.6 Å². The number of ether oxygens (including phenoxy) is 1. The third-order valence-electron chi connectivity index (χ3n) is 5.40. The van der Waals surface area contributed by atoms with Gasteiger partial charge in [-0.1, -0.05) is 36.4 Å². The van der Waals surface area contributed by atoms with Crippen LogP contribution in [0.4, 0.5) is 0 Å². The molecule has 30 heavy (non-hydrogen) atoms. The van der Waals surface area contributed by atoms with Crippen LogP contribution in [0.2, 0.25) is 0 Å². The number of piperidine rings is 1. The largest absolute Gasteiger partial charge is 0.496 e. The van der Waals surface area contributed by atoms with Crippen LogP contribution in [0.25, 0.3) is 6.08 Å². The summed E-state index contributed by atoms with van der Waals surface area (Å²) in [6.45, 7) is 3.67. The summed E-state index contributed by atoms with van der Waals surface area (Å²) in [5, 5.41) is 11.8. The highest BCUT2D eigenvalue weighted by molar-refractivity contribution is 5.97. The average Bonchev–Trinajstić information content (AvgIpc) is 2.77. The van der Waals surface area contributed by atoms with Crippen molar-refractivity contribution in [3.63, 3.8) is 0 Å². The third kappa shape index (κ3) is 6.19. The van der Waals surface area contributed by atoms with Crippen molar-refractivity contribution in [2.45, 2.75) is 19.4 Å². The van der Waals surface area contributed by atoms with E-state index in [2.05, 4.69) is 34.5 Å². The molecule has 0 aromatic heterocycles. The predicted octanol–water partition coefficient (Wildman–Crippen LogP) is 3.44. The van der Waals surface area contributed by atoms with E-state index < -0.39 is 5.97 Å².